The first kappa shape index (κ1) is 17.9. The standard InChI is InChI=1S/C24H22FN3O/c25-17-9-11-18(12-10-17)26-24(29)28-15-13-27(14-16-28)23-21-7-3-1-5-19(21)20-6-2-4-8-22(20)23/h1-12,23H,13-16H2,(H,26,29). The van der Waals surface area contributed by atoms with E-state index in [4.69, 9.17) is 0 Å². The molecule has 0 bridgehead atoms. The van der Waals surface area contributed by atoms with Crippen molar-refractivity contribution in [1.82, 2.24) is 9.80 Å². The molecule has 0 saturated carbocycles. The van der Waals surface area contributed by atoms with Crippen molar-refractivity contribution in [3.8, 4) is 11.1 Å². The van der Waals surface area contributed by atoms with Crippen molar-refractivity contribution in [1.29, 1.82) is 0 Å². The van der Waals surface area contributed by atoms with E-state index in [0.717, 1.165) is 13.1 Å². The maximum atomic E-state index is 13.1. The molecule has 3 aromatic carbocycles. The summed E-state index contributed by atoms with van der Waals surface area (Å²) in [4.78, 5) is 16.9. The van der Waals surface area contributed by atoms with Gasteiger partial charge in [-0.2, -0.15) is 0 Å². The van der Waals surface area contributed by atoms with E-state index >= 15 is 0 Å². The Bertz CT molecular complexity index is 997. The maximum absolute atomic E-state index is 13.1. The molecule has 1 aliphatic heterocycles. The molecule has 5 heteroatoms. The number of carbonyl (C=O) groups is 1. The second-order valence-electron chi connectivity index (χ2n) is 7.54. The summed E-state index contributed by atoms with van der Waals surface area (Å²) in [7, 11) is 0. The Morgan fingerprint density at radius 3 is 1.93 bits per heavy atom. The highest BCUT2D eigenvalue weighted by Crippen LogP contribution is 2.46. The first-order valence-corrected chi connectivity index (χ1v) is 9.94. The van der Waals surface area contributed by atoms with Gasteiger partial charge in [0.25, 0.3) is 0 Å². The van der Waals surface area contributed by atoms with Gasteiger partial charge in [0.15, 0.2) is 0 Å². The van der Waals surface area contributed by atoms with Gasteiger partial charge in [-0.25, -0.2) is 9.18 Å². The van der Waals surface area contributed by atoms with Crippen LogP contribution in [0.4, 0.5) is 14.9 Å². The van der Waals surface area contributed by atoms with Gasteiger partial charge in [-0.1, -0.05) is 48.5 Å². The lowest BCUT2D eigenvalue weighted by atomic mass is 10.0. The lowest BCUT2D eigenvalue weighted by molar-refractivity contribution is 0.128. The number of amides is 2. The third-order valence-corrected chi connectivity index (χ3v) is 5.86. The van der Waals surface area contributed by atoms with Crippen LogP contribution in [-0.2, 0) is 0 Å². The highest BCUT2D eigenvalue weighted by atomic mass is 19.1. The maximum Gasteiger partial charge on any atom is 0.321 e. The summed E-state index contributed by atoms with van der Waals surface area (Å²) in [6.45, 7) is 2.94. The van der Waals surface area contributed by atoms with Crippen LogP contribution in [0, 0.1) is 5.82 Å². The Balaban J connectivity index is 1.30. The first-order valence-electron chi connectivity index (χ1n) is 9.94. The number of hydrogen-bond donors (Lipinski definition) is 1. The van der Waals surface area contributed by atoms with Crippen molar-refractivity contribution in [2.45, 2.75) is 6.04 Å². The molecule has 2 aliphatic rings. The Labute approximate surface area is 169 Å². The zero-order valence-electron chi connectivity index (χ0n) is 16.0. The van der Waals surface area contributed by atoms with Gasteiger partial charge in [-0.05, 0) is 46.5 Å². The van der Waals surface area contributed by atoms with E-state index in [0.29, 0.717) is 18.8 Å². The molecular weight excluding hydrogens is 365 g/mol. The van der Waals surface area contributed by atoms with Crippen molar-refractivity contribution >= 4 is 11.7 Å². The highest BCUT2D eigenvalue weighted by molar-refractivity contribution is 5.89. The SMILES string of the molecule is O=C(Nc1ccc(F)cc1)N1CCN(C2c3ccccc3-c3ccccc32)CC1. The fourth-order valence-electron chi connectivity index (χ4n) is 4.44. The number of halogens is 1. The molecule has 5 rings (SSSR count). The number of piperazine rings is 1. The van der Waals surface area contributed by atoms with Gasteiger partial charge < -0.3 is 10.2 Å². The molecule has 0 spiro atoms. The lowest BCUT2D eigenvalue weighted by Gasteiger charge is -2.38. The predicted molar refractivity (Wildman–Crippen MR) is 112 cm³/mol. The van der Waals surface area contributed by atoms with Crippen LogP contribution in [0.2, 0.25) is 0 Å². The number of hydrogen-bond acceptors (Lipinski definition) is 2. The summed E-state index contributed by atoms with van der Waals surface area (Å²) < 4.78 is 13.1. The average Bonchev–Trinajstić information content (AvgIpc) is 3.10. The van der Waals surface area contributed by atoms with Crippen molar-refractivity contribution in [2.24, 2.45) is 0 Å². The van der Waals surface area contributed by atoms with Gasteiger partial charge >= 0.3 is 6.03 Å². The van der Waals surface area contributed by atoms with Crippen molar-refractivity contribution in [2.75, 3.05) is 31.5 Å². The number of fused-ring (bicyclic) bond motifs is 3. The molecule has 0 unspecified atom stereocenters. The van der Waals surface area contributed by atoms with Crippen LogP contribution < -0.4 is 5.32 Å². The Morgan fingerprint density at radius 1 is 0.793 bits per heavy atom. The van der Waals surface area contributed by atoms with E-state index < -0.39 is 0 Å². The van der Waals surface area contributed by atoms with Crippen LogP contribution in [0.15, 0.2) is 72.8 Å². The number of urea groups is 1. The summed E-state index contributed by atoms with van der Waals surface area (Å²) in [5.41, 5.74) is 5.92. The summed E-state index contributed by atoms with van der Waals surface area (Å²) in [5, 5.41) is 2.86. The number of anilines is 1. The Hall–Kier alpha value is -3.18. The molecule has 29 heavy (non-hydrogen) atoms. The third kappa shape index (κ3) is 3.28. The normalized spacial score (nSPS) is 16.4. The van der Waals surface area contributed by atoms with Gasteiger partial charge in [0.05, 0.1) is 6.04 Å². The zero-order valence-corrected chi connectivity index (χ0v) is 16.0. The molecule has 146 valence electrons. The number of rotatable bonds is 2. The van der Waals surface area contributed by atoms with Crippen LogP contribution in [-0.4, -0.2) is 42.0 Å². The number of carbonyl (C=O) groups excluding carboxylic acids is 1. The van der Waals surface area contributed by atoms with Crippen LogP contribution in [0.1, 0.15) is 17.2 Å². The minimum atomic E-state index is -0.311. The monoisotopic (exact) mass is 387 g/mol. The van der Waals surface area contributed by atoms with Gasteiger partial charge in [-0.15, -0.1) is 0 Å². The minimum absolute atomic E-state index is 0.136. The molecule has 1 heterocycles. The van der Waals surface area contributed by atoms with Crippen molar-refractivity contribution < 1.29 is 9.18 Å². The quantitative estimate of drug-likeness (QED) is 0.689. The molecule has 4 nitrogen and oxygen atoms in total. The highest BCUT2D eigenvalue weighted by Gasteiger charge is 2.34. The molecular formula is C24H22FN3O. The second-order valence-corrected chi connectivity index (χ2v) is 7.54. The fourth-order valence-corrected chi connectivity index (χ4v) is 4.44. The molecule has 3 aromatic rings. The van der Waals surface area contributed by atoms with Crippen LogP contribution >= 0.6 is 0 Å². The average molecular weight is 387 g/mol. The topological polar surface area (TPSA) is 35.6 Å². The molecule has 1 N–H and O–H groups in total. The van der Waals surface area contributed by atoms with Crippen LogP contribution in [0.25, 0.3) is 11.1 Å². The molecule has 1 saturated heterocycles. The van der Waals surface area contributed by atoms with Crippen molar-refractivity contribution in [3.05, 3.63) is 89.7 Å². The summed E-state index contributed by atoms with van der Waals surface area (Å²) >= 11 is 0. The lowest BCUT2D eigenvalue weighted by Crippen LogP contribution is -2.50. The van der Waals surface area contributed by atoms with E-state index in [-0.39, 0.29) is 17.9 Å². The summed E-state index contributed by atoms with van der Waals surface area (Å²) in [6, 6.07) is 23.2. The molecule has 0 atom stereocenters. The molecule has 1 aliphatic carbocycles. The number of nitrogens with zero attached hydrogens (tertiary/aromatic N) is 2. The largest absolute Gasteiger partial charge is 0.322 e. The third-order valence-electron chi connectivity index (χ3n) is 5.86. The van der Waals surface area contributed by atoms with E-state index in [1.807, 2.05) is 4.90 Å². The Kier molecular flexibility index (Phi) is 4.52. The smallest absolute Gasteiger partial charge is 0.321 e. The van der Waals surface area contributed by atoms with Crippen molar-refractivity contribution in [3.63, 3.8) is 0 Å². The minimum Gasteiger partial charge on any atom is -0.322 e. The van der Waals surface area contributed by atoms with Gasteiger partial charge in [0.2, 0.25) is 0 Å². The first-order chi connectivity index (χ1) is 14.2. The van der Waals surface area contributed by atoms with E-state index in [1.165, 1.54) is 34.4 Å². The Morgan fingerprint density at radius 2 is 1.34 bits per heavy atom. The van der Waals surface area contributed by atoms with Gasteiger partial charge in [0, 0.05) is 31.9 Å². The van der Waals surface area contributed by atoms with Gasteiger partial charge in [0.1, 0.15) is 5.82 Å². The van der Waals surface area contributed by atoms with E-state index in [2.05, 4.69) is 58.7 Å². The number of nitrogens with one attached hydrogen (secondary N) is 1. The molecule has 2 amide bonds. The number of benzene rings is 3. The summed E-state index contributed by atoms with van der Waals surface area (Å²) in [5.74, 6) is -0.311. The van der Waals surface area contributed by atoms with Crippen LogP contribution in [0.3, 0.4) is 0 Å². The van der Waals surface area contributed by atoms with Crippen LogP contribution in [0.5, 0.6) is 0 Å². The van der Waals surface area contributed by atoms with E-state index in [1.54, 1.807) is 12.1 Å². The second kappa shape index (κ2) is 7.33. The molecule has 0 radical (unpaired) electrons. The molecule has 0 aromatic heterocycles. The van der Waals surface area contributed by atoms with Gasteiger partial charge in [-0.3, -0.25) is 4.90 Å². The van der Waals surface area contributed by atoms with E-state index in [9.17, 15) is 9.18 Å². The summed E-state index contributed by atoms with van der Waals surface area (Å²) in [6.07, 6.45) is 0. The molecule has 1 fully saturated rings. The zero-order chi connectivity index (χ0) is 19.8. The predicted octanol–water partition coefficient (Wildman–Crippen LogP) is 4.75. The fraction of sp³-hybridized carbons (Fsp3) is 0.208.